The van der Waals surface area contributed by atoms with Gasteiger partial charge in [-0.05, 0) is 25.0 Å². The maximum absolute atomic E-state index is 14.5. The Morgan fingerprint density at radius 2 is 2.06 bits per heavy atom. The Hall–Kier alpha value is -2.72. The zero-order valence-corrected chi connectivity index (χ0v) is 19.0. The van der Waals surface area contributed by atoms with Crippen LogP contribution >= 0.6 is 22.9 Å². The first-order chi connectivity index (χ1) is 15.2. The van der Waals surface area contributed by atoms with E-state index in [1.54, 1.807) is 32.2 Å². The monoisotopic (exact) mass is 478 g/mol. The first-order valence-corrected chi connectivity index (χ1v) is 11.2. The van der Waals surface area contributed by atoms with Crippen LogP contribution in [0.3, 0.4) is 0 Å². The summed E-state index contributed by atoms with van der Waals surface area (Å²) in [4.78, 5) is 32.2. The van der Waals surface area contributed by atoms with Crippen LogP contribution in [0.25, 0.3) is 10.6 Å². The molecule has 1 aliphatic rings. The highest BCUT2D eigenvalue weighted by Gasteiger charge is 2.46. The third-order valence-corrected chi connectivity index (χ3v) is 6.45. The summed E-state index contributed by atoms with van der Waals surface area (Å²) >= 11 is 7.13. The highest BCUT2D eigenvalue weighted by molar-refractivity contribution is 7.15. The third-order valence-electron chi connectivity index (χ3n) is 5.26. The molecule has 0 aromatic carbocycles. The Bertz CT molecular complexity index is 1100. The number of amides is 1. The molecule has 7 nitrogen and oxygen atoms in total. The lowest BCUT2D eigenvalue weighted by molar-refractivity contribution is -0.0898. The number of pyridine rings is 1. The molecule has 3 aromatic rings. The van der Waals surface area contributed by atoms with Crippen molar-refractivity contribution in [1.82, 2.24) is 24.8 Å². The molecule has 1 N–H and O–H groups in total. The summed E-state index contributed by atoms with van der Waals surface area (Å²) in [6.07, 6.45) is 4.19. The molecule has 2 atom stereocenters. The van der Waals surface area contributed by atoms with Crippen LogP contribution in [0.5, 0.6) is 0 Å². The lowest BCUT2D eigenvalue weighted by Crippen LogP contribution is -2.57. The van der Waals surface area contributed by atoms with Crippen molar-refractivity contribution in [1.29, 1.82) is 0 Å². The number of nitrogens with one attached hydrogen (secondary N) is 1. The maximum Gasteiger partial charge on any atom is 0.274 e. The van der Waals surface area contributed by atoms with Crippen molar-refractivity contribution in [3.63, 3.8) is 0 Å². The molecule has 4 heterocycles. The second kappa shape index (κ2) is 9.03. The zero-order chi connectivity index (χ0) is 22.9. The van der Waals surface area contributed by atoms with Crippen molar-refractivity contribution in [2.75, 3.05) is 18.4 Å². The Morgan fingerprint density at radius 3 is 2.75 bits per heavy atom. The SMILES string of the molecule is Cc1nc(C(=O)N2CC(F)(F)C[C@@H](C)[C@H]2CNc2ncc(Cl)cn2)c(-c2ccccn2)s1. The van der Waals surface area contributed by atoms with E-state index >= 15 is 0 Å². The molecule has 1 fully saturated rings. The fraction of sp³-hybridized carbons (Fsp3) is 0.381. The summed E-state index contributed by atoms with van der Waals surface area (Å²) in [6.45, 7) is 3.03. The van der Waals surface area contributed by atoms with Crippen LogP contribution in [0.4, 0.5) is 14.7 Å². The predicted molar refractivity (Wildman–Crippen MR) is 119 cm³/mol. The van der Waals surface area contributed by atoms with Crippen LogP contribution in [-0.4, -0.2) is 55.8 Å². The molecule has 0 radical (unpaired) electrons. The van der Waals surface area contributed by atoms with Gasteiger partial charge in [0, 0.05) is 19.2 Å². The van der Waals surface area contributed by atoms with Crippen molar-refractivity contribution in [2.24, 2.45) is 5.92 Å². The summed E-state index contributed by atoms with van der Waals surface area (Å²) in [5.41, 5.74) is 0.728. The van der Waals surface area contributed by atoms with Gasteiger partial charge in [-0.2, -0.15) is 0 Å². The van der Waals surface area contributed by atoms with E-state index in [1.165, 1.54) is 28.6 Å². The fourth-order valence-corrected chi connectivity index (χ4v) is 4.84. The highest BCUT2D eigenvalue weighted by Crippen LogP contribution is 2.37. The van der Waals surface area contributed by atoms with Crippen LogP contribution in [0.15, 0.2) is 36.8 Å². The molecular formula is C21H21ClF2N6OS. The van der Waals surface area contributed by atoms with Gasteiger partial charge in [-0.15, -0.1) is 11.3 Å². The number of thiazole rings is 1. The number of alkyl halides is 2. The Morgan fingerprint density at radius 1 is 1.31 bits per heavy atom. The number of likely N-dealkylation sites (tertiary alicyclic amines) is 1. The fourth-order valence-electron chi connectivity index (χ4n) is 3.86. The number of aromatic nitrogens is 4. The Balaban J connectivity index is 1.64. The zero-order valence-electron chi connectivity index (χ0n) is 17.4. The molecule has 0 spiro atoms. The molecule has 0 bridgehead atoms. The van der Waals surface area contributed by atoms with Crippen molar-refractivity contribution in [3.05, 3.63) is 52.5 Å². The second-order valence-electron chi connectivity index (χ2n) is 7.77. The van der Waals surface area contributed by atoms with E-state index in [0.717, 1.165) is 0 Å². The lowest BCUT2D eigenvalue weighted by atomic mass is 9.88. The molecule has 0 saturated carbocycles. The molecular weight excluding hydrogens is 458 g/mol. The molecule has 168 valence electrons. The van der Waals surface area contributed by atoms with E-state index in [0.29, 0.717) is 26.5 Å². The summed E-state index contributed by atoms with van der Waals surface area (Å²) < 4.78 is 29.0. The lowest BCUT2D eigenvalue weighted by Gasteiger charge is -2.43. The summed E-state index contributed by atoms with van der Waals surface area (Å²) in [5, 5.41) is 4.09. The number of hydrogen-bond donors (Lipinski definition) is 1. The van der Waals surface area contributed by atoms with Gasteiger partial charge in [0.2, 0.25) is 5.95 Å². The van der Waals surface area contributed by atoms with E-state index in [1.807, 2.05) is 6.07 Å². The number of aryl methyl sites for hydroxylation is 1. The van der Waals surface area contributed by atoms with Crippen molar-refractivity contribution >= 4 is 34.8 Å². The van der Waals surface area contributed by atoms with Crippen LogP contribution in [0, 0.1) is 12.8 Å². The van der Waals surface area contributed by atoms with Gasteiger partial charge in [0.15, 0.2) is 0 Å². The number of hydrogen-bond acceptors (Lipinski definition) is 7. The number of piperidine rings is 1. The topological polar surface area (TPSA) is 83.9 Å². The number of nitrogens with zero attached hydrogens (tertiary/aromatic N) is 5. The van der Waals surface area contributed by atoms with Gasteiger partial charge in [0.25, 0.3) is 11.8 Å². The van der Waals surface area contributed by atoms with E-state index in [-0.39, 0.29) is 18.7 Å². The number of rotatable bonds is 5. The number of carbonyl (C=O) groups is 1. The maximum atomic E-state index is 14.5. The third kappa shape index (κ3) is 4.86. The van der Waals surface area contributed by atoms with Crippen LogP contribution in [0.2, 0.25) is 5.02 Å². The Kier molecular flexibility index (Phi) is 6.34. The van der Waals surface area contributed by atoms with Gasteiger partial charge in [0.1, 0.15) is 5.69 Å². The van der Waals surface area contributed by atoms with Gasteiger partial charge >= 0.3 is 0 Å². The highest BCUT2D eigenvalue weighted by atomic mass is 35.5. The molecule has 0 unspecified atom stereocenters. The molecule has 1 amide bonds. The van der Waals surface area contributed by atoms with Crippen molar-refractivity contribution < 1.29 is 13.6 Å². The normalized spacial score (nSPS) is 20.2. The van der Waals surface area contributed by atoms with Crippen LogP contribution in [-0.2, 0) is 0 Å². The molecule has 1 saturated heterocycles. The van der Waals surface area contributed by atoms with E-state index in [4.69, 9.17) is 11.6 Å². The molecule has 4 rings (SSSR count). The van der Waals surface area contributed by atoms with Gasteiger partial charge in [0.05, 0.1) is 45.6 Å². The number of anilines is 1. The quantitative estimate of drug-likeness (QED) is 0.579. The number of halogens is 3. The van der Waals surface area contributed by atoms with Crippen LogP contribution < -0.4 is 5.32 Å². The second-order valence-corrected chi connectivity index (χ2v) is 9.41. The van der Waals surface area contributed by atoms with E-state index < -0.39 is 30.3 Å². The van der Waals surface area contributed by atoms with Gasteiger partial charge < -0.3 is 10.2 Å². The molecule has 32 heavy (non-hydrogen) atoms. The summed E-state index contributed by atoms with van der Waals surface area (Å²) in [6, 6.07) is 4.85. The van der Waals surface area contributed by atoms with Crippen molar-refractivity contribution in [2.45, 2.75) is 32.2 Å². The van der Waals surface area contributed by atoms with Crippen LogP contribution in [0.1, 0.15) is 28.8 Å². The minimum atomic E-state index is -2.99. The number of carbonyl (C=O) groups excluding carboxylic acids is 1. The largest absolute Gasteiger partial charge is 0.352 e. The minimum Gasteiger partial charge on any atom is -0.352 e. The van der Waals surface area contributed by atoms with E-state index in [9.17, 15) is 13.6 Å². The first kappa shape index (κ1) is 22.5. The van der Waals surface area contributed by atoms with Gasteiger partial charge in [-0.3, -0.25) is 9.78 Å². The predicted octanol–water partition coefficient (Wildman–Crippen LogP) is 4.55. The smallest absolute Gasteiger partial charge is 0.274 e. The first-order valence-electron chi connectivity index (χ1n) is 10.0. The summed E-state index contributed by atoms with van der Waals surface area (Å²) in [7, 11) is 0. The van der Waals surface area contributed by atoms with Gasteiger partial charge in [-0.25, -0.2) is 23.7 Å². The average molecular weight is 479 g/mol. The average Bonchev–Trinajstić information content (AvgIpc) is 3.15. The molecule has 1 aliphatic heterocycles. The van der Waals surface area contributed by atoms with Crippen molar-refractivity contribution in [3.8, 4) is 10.6 Å². The standard InChI is InChI=1S/C21H21ClF2N6OS/c1-12-7-21(23,24)11-30(16(12)10-28-20-26-8-14(22)9-27-20)19(31)17-18(32-13(2)29-17)15-5-3-4-6-25-15/h3-6,8-9,12,16H,7,10-11H2,1-2H3,(H,26,27,28)/t12-,16-/m1/s1. The minimum absolute atomic E-state index is 0.142. The molecule has 11 heteroatoms. The molecule has 0 aliphatic carbocycles. The molecule has 3 aromatic heterocycles. The Labute approximate surface area is 192 Å². The summed E-state index contributed by atoms with van der Waals surface area (Å²) in [5.74, 6) is -3.67. The van der Waals surface area contributed by atoms with E-state index in [2.05, 4.69) is 25.3 Å². The van der Waals surface area contributed by atoms with Gasteiger partial charge in [-0.1, -0.05) is 24.6 Å².